The summed E-state index contributed by atoms with van der Waals surface area (Å²) in [5.74, 6) is -0.703. The van der Waals surface area contributed by atoms with Crippen LogP contribution >= 0.6 is 0 Å². The first-order valence-corrected chi connectivity index (χ1v) is 11.7. The number of rotatable bonds is 7. The Kier molecular flexibility index (Phi) is 6.68. The van der Waals surface area contributed by atoms with Gasteiger partial charge in [0.1, 0.15) is 29.9 Å². The Morgan fingerprint density at radius 1 is 0.892 bits per heavy atom. The van der Waals surface area contributed by atoms with Crippen LogP contribution in [-0.4, -0.2) is 28.9 Å². The highest BCUT2D eigenvalue weighted by atomic mass is 16.5. The number of carbonyl (C=O) groups excluding carboxylic acids is 2. The first-order chi connectivity index (χ1) is 18.1. The molecule has 5 rings (SSSR count). The lowest BCUT2D eigenvalue weighted by Crippen LogP contribution is -2.29. The third-order valence-corrected chi connectivity index (χ3v) is 6.12. The molecule has 37 heavy (non-hydrogen) atoms. The maximum absolute atomic E-state index is 13.3. The summed E-state index contributed by atoms with van der Waals surface area (Å²) in [6.45, 7) is 0.402. The molecule has 7 heteroatoms. The van der Waals surface area contributed by atoms with E-state index in [1.54, 1.807) is 72.9 Å². The van der Waals surface area contributed by atoms with Crippen molar-refractivity contribution in [1.29, 1.82) is 0 Å². The molecule has 1 aliphatic heterocycles. The van der Waals surface area contributed by atoms with E-state index in [0.717, 1.165) is 5.56 Å². The monoisotopic (exact) mass is 492 g/mol. The standard InChI is InChI=1S/C30H24N2O5/c1-36-24-11-7-10-21(18-24)28(33)26-27(25-12-5-6-17-31-25)32(30(35)29(26)34)22-13-15-23(16-14-22)37-19-20-8-3-2-4-9-20/h2-18,27,33H,19H2,1H3/b28-26-. The van der Waals surface area contributed by atoms with Crippen LogP contribution in [0.2, 0.25) is 0 Å². The van der Waals surface area contributed by atoms with Crippen molar-refractivity contribution in [3.8, 4) is 11.5 Å². The summed E-state index contributed by atoms with van der Waals surface area (Å²) < 4.78 is 11.1. The van der Waals surface area contributed by atoms with Gasteiger partial charge in [0, 0.05) is 17.4 Å². The number of nitrogens with zero attached hydrogens (tertiary/aromatic N) is 2. The molecular formula is C30H24N2O5. The summed E-state index contributed by atoms with van der Waals surface area (Å²) >= 11 is 0. The molecule has 1 fully saturated rings. The van der Waals surface area contributed by atoms with Crippen molar-refractivity contribution in [3.63, 3.8) is 0 Å². The number of hydrogen-bond acceptors (Lipinski definition) is 6. The van der Waals surface area contributed by atoms with Gasteiger partial charge in [-0.05, 0) is 54.1 Å². The van der Waals surface area contributed by atoms with Crippen molar-refractivity contribution in [2.24, 2.45) is 0 Å². The van der Waals surface area contributed by atoms with Crippen molar-refractivity contribution in [2.45, 2.75) is 12.6 Å². The van der Waals surface area contributed by atoms with Gasteiger partial charge in [0.15, 0.2) is 0 Å². The lowest BCUT2D eigenvalue weighted by Gasteiger charge is -2.24. The van der Waals surface area contributed by atoms with E-state index in [-0.39, 0.29) is 11.3 Å². The van der Waals surface area contributed by atoms with Crippen molar-refractivity contribution in [3.05, 3.63) is 126 Å². The number of amides is 1. The molecule has 1 saturated heterocycles. The highest BCUT2D eigenvalue weighted by molar-refractivity contribution is 6.51. The smallest absolute Gasteiger partial charge is 0.300 e. The average molecular weight is 493 g/mol. The fourth-order valence-electron chi connectivity index (χ4n) is 4.29. The van der Waals surface area contributed by atoms with Crippen molar-refractivity contribution in [2.75, 3.05) is 12.0 Å². The highest BCUT2D eigenvalue weighted by Crippen LogP contribution is 2.42. The number of aliphatic hydroxyl groups excluding tert-OH is 1. The van der Waals surface area contributed by atoms with Gasteiger partial charge in [-0.15, -0.1) is 0 Å². The van der Waals surface area contributed by atoms with Gasteiger partial charge in [-0.1, -0.05) is 48.5 Å². The van der Waals surface area contributed by atoms with Gasteiger partial charge in [0.05, 0.1) is 18.4 Å². The third-order valence-electron chi connectivity index (χ3n) is 6.12. The van der Waals surface area contributed by atoms with Crippen molar-refractivity contribution in [1.82, 2.24) is 4.98 Å². The maximum atomic E-state index is 13.3. The zero-order chi connectivity index (χ0) is 25.8. The van der Waals surface area contributed by atoms with E-state index in [1.807, 2.05) is 30.3 Å². The molecule has 3 aromatic carbocycles. The predicted octanol–water partition coefficient (Wildman–Crippen LogP) is 5.30. The van der Waals surface area contributed by atoms with Gasteiger partial charge in [0.25, 0.3) is 11.7 Å². The number of Topliss-reactive ketones (excluding diaryl/α,β-unsaturated/α-hetero) is 1. The molecule has 1 N–H and O–H groups in total. The fourth-order valence-corrected chi connectivity index (χ4v) is 4.29. The van der Waals surface area contributed by atoms with Crippen LogP contribution < -0.4 is 14.4 Å². The third kappa shape index (κ3) is 4.79. The van der Waals surface area contributed by atoms with E-state index in [1.165, 1.54) is 12.0 Å². The van der Waals surface area contributed by atoms with Gasteiger partial charge in [0.2, 0.25) is 0 Å². The molecule has 0 saturated carbocycles. The van der Waals surface area contributed by atoms with Crippen LogP contribution in [0, 0.1) is 0 Å². The van der Waals surface area contributed by atoms with Crippen molar-refractivity contribution < 1.29 is 24.2 Å². The zero-order valence-corrected chi connectivity index (χ0v) is 20.1. The Balaban J connectivity index is 1.52. The normalized spacial score (nSPS) is 16.6. The van der Waals surface area contributed by atoms with Crippen LogP contribution in [0.15, 0.2) is 109 Å². The quantitative estimate of drug-likeness (QED) is 0.214. The molecular weight excluding hydrogens is 468 g/mol. The molecule has 7 nitrogen and oxygen atoms in total. The molecule has 0 aliphatic carbocycles. The summed E-state index contributed by atoms with van der Waals surface area (Å²) in [5.41, 5.74) is 2.29. The topological polar surface area (TPSA) is 89.0 Å². The molecule has 1 unspecified atom stereocenters. The molecule has 1 aliphatic rings. The van der Waals surface area contributed by atoms with E-state index in [0.29, 0.717) is 35.1 Å². The minimum absolute atomic E-state index is 0.0404. The molecule has 4 aromatic rings. The molecule has 184 valence electrons. The minimum atomic E-state index is -0.913. The van der Waals surface area contributed by atoms with E-state index >= 15 is 0 Å². The number of carbonyl (C=O) groups is 2. The largest absolute Gasteiger partial charge is 0.507 e. The number of aliphatic hydroxyl groups is 1. The molecule has 1 amide bonds. The van der Waals surface area contributed by atoms with Gasteiger partial charge in [-0.3, -0.25) is 19.5 Å². The lowest BCUT2D eigenvalue weighted by atomic mass is 9.98. The number of anilines is 1. The summed E-state index contributed by atoms with van der Waals surface area (Å²) in [4.78, 5) is 32.3. The molecule has 0 radical (unpaired) electrons. The van der Waals surface area contributed by atoms with Gasteiger partial charge >= 0.3 is 0 Å². The van der Waals surface area contributed by atoms with Crippen molar-refractivity contribution >= 4 is 23.1 Å². The average Bonchev–Trinajstić information content (AvgIpc) is 3.22. The maximum Gasteiger partial charge on any atom is 0.300 e. The molecule has 1 aromatic heterocycles. The molecule has 1 atom stereocenters. The molecule has 0 spiro atoms. The summed E-state index contributed by atoms with van der Waals surface area (Å²) in [5, 5.41) is 11.2. The Labute approximate surface area is 214 Å². The predicted molar refractivity (Wildman–Crippen MR) is 139 cm³/mol. The number of pyridine rings is 1. The number of benzene rings is 3. The summed E-state index contributed by atoms with van der Waals surface area (Å²) in [6.07, 6.45) is 1.58. The van der Waals surface area contributed by atoms with E-state index < -0.39 is 17.7 Å². The second-order valence-electron chi connectivity index (χ2n) is 8.42. The second-order valence-corrected chi connectivity index (χ2v) is 8.42. The Morgan fingerprint density at radius 3 is 2.35 bits per heavy atom. The number of methoxy groups -OCH3 is 1. The second kappa shape index (κ2) is 10.4. The summed E-state index contributed by atoms with van der Waals surface area (Å²) in [6, 6.07) is 27.7. The summed E-state index contributed by atoms with van der Waals surface area (Å²) in [7, 11) is 1.51. The van der Waals surface area contributed by atoms with E-state index in [4.69, 9.17) is 9.47 Å². The minimum Gasteiger partial charge on any atom is -0.507 e. The van der Waals surface area contributed by atoms with Crippen LogP contribution in [0.25, 0.3) is 5.76 Å². The first kappa shape index (κ1) is 23.8. The number of hydrogen-bond donors (Lipinski definition) is 1. The first-order valence-electron chi connectivity index (χ1n) is 11.7. The SMILES string of the molecule is COc1cccc(/C(O)=C2/C(=O)C(=O)N(c3ccc(OCc4ccccc4)cc3)C2c2ccccn2)c1. The lowest BCUT2D eigenvalue weighted by molar-refractivity contribution is -0.132. The van der Waals surface area contributed by atoms with Crippen LogP contribution in [0.3, 0.4) is 0 Å². The molecule has 0 bridgehead atoms. The number of aromatic nitrogens is 1. The Hall–Kier alpha value is -4.91. The van der Waals surface area contributed by atoms with Gasteiger partial charge in [-0.2, -0.15) is 0 Å². The van der Waals surface area contributed by atoms with Gasteiger partial charge < -0.3 is 14.6 Å². The van der Waals surface area contributed by atoms with E-state index in [2.05, 4.69) is 4.98 Å². The van der Waals surface area contributed by atoms with E-state index in [9.17, 15) is 14.7 Å². The Morgan fingerprint density at radius 2 is 1.65 bits per heavy atom. The van der Waals surface area contributed by atoms with Crippen LogP contribution in [0.5, 0.6) is 11.5 Å². The zero-order valence-electron chi connectivity index (χ0n) is 20.1. The highest BCUT2D eigenvalue weighted by Gasteiger charge is 2.47. The van der Waals surface area contributed by atoms with Crippen LogP contribution in [0.1, 0.15) is 22.9 Å². The number of ketones is 1. The molecule has 2 heterocycles. The Bertz CT molecular complexity index is 1450. The van der Waals surface area contributed by atoms with Gasteiger partial charge in [-0.25, -0.2) is 0 Å². The fraction of sp³-hybridized carbons (Fsp3) is 0.100. The van der Waals surface area contributed by atoms with Crippen LogP contribution in [-0.2, 0) is 16.2 Å². The van der Waals surface area contributed by atoms with Crippen LogP contribution in [0.4, 0.5) is 5.69 Å². The number of ether oxygens (including phenoxy) is 2.